The zero-order valence-electron chi connectivity index (χ0n) is 5.92. The van der Waals surface area contributed by atoms with E-state index in [1.54, 1.807) is 6.08 Å². The van der Waals surface area contributed by atoms with Gasteiger partial charge in [-0.3, -0.25) is 4.79 Å². The maximum absolute atomic E-state index is 10.7. The summed E-state index contributed by atoms with van der Waals surface area (Å²) in [5.41, 5.74) is 0.464. The van der Waals surface area contributed by atoms with Gasteiger partial charge in [-0.25, -0.2) is 0 Å². The molecule has 0 spiro atoms. The molecule has 2 nitrogen and oxygen atoms in total. The minimum atomic E-state index is -0.0616. The highest BCUT2D eigenvalue weighted by molar-refractivity contribution is 5.96. The summed E-state index contributed by atoms with van der Waals surface area (Å²) in [5, 5.41) is 9.15. The van der Waals surface area contributed by atoms with Gasteiger partial charge in [0.05, 0.1) is 5.57 Å². The van der Waals surface area contributed by atoms with Gasteiger partial charge < -0.3 is 5.11 Å². The molecule has 0 aromatic carbocycles. The Balaban J connectivity index is 2.90. The quantitative estimate of drug-likeness (QED) is 0.599. The van der Waals surface area contributed by atoms with Crippen LogP contribution in [0, 0.1) is 0 Å². The van der Waals surface area contributed by atoms with Gasteiger partial charge in [-0.05, 0) is 13.3 Å². The molecule has 0 amide bonds. The van der Waals surface area contributed by atoms with E-state index < -0.39 is 0 Å². The summed E-state index contributed by atoms with van der Waals surface area (Å²) in [6, 6.07) is 0. The van der Waals surface area contributed by atoms with Crippen LogP contribution >= 0.6 is 0 Å². The summed E-state index contributed by atoms with van der Waals surface area (Å²) >= 11 is 0. The Labute approximate surface area is 59.9 Å². The Morgan fingerprint density at radius 3 is 2.80 bits per heavy atom. The van der Waals surface area contributed by atoms with Crippen LogP contribution in [0.1, 0.15) is 19.8 Å². The molecule has 0 aromatic rings. The Morgan fingerprint density at radius 1 is 1.70 bits per heavy atom. The number of Topliss-reactive ketones (excluding diaryl/α,β-unsaturated/α-hetero) is 1. The van der Waals surface area contributed by atoms with Crippen LogP contribution in [0.15, 0.2) is 23.5 Å². The lowest BCUT2D eigenvalue weighted by Crippen LogP contribution is -2.01. The molecule has 1 aliphatic carbocycles. The molecule has 0 fully saturated rings. The lowest BCUT2D eigenvalue weighted by Gasteiger charge is -2.06. The molecule has 0 saturated heterocycles. The normalized spacial score (nSPS) is 17.7. The molecule has 0 heterocycles. The number of carbonyl (C=O) groups is 1. The first-order valence-corrected chi connectivity index (χ1v) is 3.31. The van der Waals surface area contributed by atoms with E-state index in [2.05, 4.69) is 0 Å². The Kier molecular flexibility index (Phi) is 1.90. The third-order valence-electron chi connectivity index (χ3n) is 1.52. The Morgan fingerprint density at radius 2 is 2.40 bits per heavy atom. The number of allylic oxidation sites excluding steroid dienone is 4. The van der Waals surface area contributed by atoms with Crippen molar-refractivity contribution in [1.82, 2.24) is 0 Å². The highest BCUT2D eigenvalue weighted by Crippen LogP contribution is 2.16. The van der Waals surface area contributed by atoms with Gasteiger partial charge >= 0.3 is 0 Å². The van der Waals surface area contributed by atoms with E-state index in [4.69, 9.17) is 5.11 Å². The van der Waals surface area contributed by atoms with Crippen molar-refractivity contribution in [2.45, 2.75) is 19.8 Å². The number of carbonyl (C=O) groups excluding carboxylic acids is 1. The molecular formula is C8H10O2. The summed E-state index contributed by atoms with van der Waals surface area (Å²) in [7, 11) is 0. The predicted octanol–water partition coefficient (Wildman–Crippen LogP) is 1.74. The van der Waals surface area contributed by atoms with Crippen LogP contribution in [-0.2, 0) is 4.79 Å². The lowest BCUT2D eigenvalue weighted by atomic mass is 10.0. The molecule has 0 radical (unpaired) electrons. The van der Waals surface area contributed by atoms with Gasteiger partial charge in [0.2, 0.25) is 0 Å². The minimum Gasteiger partial charge on any atom is -0.512 e. The second-order valence-electron chi connectivity index (χ2n) is 2.36. The maximum atomic E-state index is 10.7. The van der Waals surface area contributed by atoms with Crippen LogP contribution in [0.2, 0.25) is 0 Å². The highest BCUT2D eigenvalue weighted by Gasteiger charge is 2.09. The van der Waals surface area contributed by atoms with Crippen LogP contribution in [0.5, 0.6) is 0 Å². The molecule has 1 rings (SSSR count). The van der Waals surface area contributed by atoms with Gasteiger partial charge in [0, 0.05) is 6.42 Å². The number of hydrogen-bond acceptors (Lipinski definition) is 2. The molecule has 2 heteroatoms. The van der Waals surface area contributed by atoms with E-state index >= 15 is 0 Å². The maximum Gasteiger partial charge on any atom is 0.163 e. The molecule has 0 aliphatic heterocycles. The summed E-state index contributed by atoms with van der Waals surface area (Å²) in [6.45, 7) is 1.46. The van der Waals surface area contributed by atoms with Gasteiger partial charge in [-0.2, -0.15) is 0 Å². The largest absolute Gasteiger partial charge is 0.512 e. The van der Waals surface area contributed by atoms with Crippen molar-refractivity contribution in [3.63, 3.8) is 0 Å². The fourth-order valence-corrected chi connectivity index (χ4v) is 0.973. The predicted molar refractivity (Wildman–Crippen MR) is 38.7 cm³/mol. The Bertz CT molecular complexity index is 211. The summed E-state index contributed by atoms with van der Waals surface area (Å²) in [6.07, 6.45) is 5.02. The first-order chi connectivity index (χ1) is 4.72. The van der Waals surface area contributed by atoms with Crippen molar-refractivity contribution in [2.24, 2.45) is 0 Å². The minimum absolute atomic E-state index is 0.0616. The van der Waals surface area contributed by atoms with Gasteiger partial charge in [-0.1, -0.05) is 12.2 Å². The topological polar surface area (TPSA) is 37.3 Å². The fraction of sp³-hybridized carbons (Fsp3) is 0.375. The van der Waals surface area contributed by atoms with Crippen LogP contribution in [0.25, 0.3) is 0 Å². The fourth-order valence-electron chi connectivity index (χ4n) is 0.973. The molecular weight excluding hydrogens is 128 g/mol. The average Bonchev–Trinajstić information content (AvgIpc) is 1.88. The van der Waals surface area contributed by atoms with Crippen LogP contribution in [-0.4, -0.2) is 10.9 Å². The molecule has 0 saturated carbocycles. The molecule has 0 bridgehead atoms. The molecule has 1 aliphatic rings. The van der Waals surface area contributed by atoms with E-state index in [1.807, 2.05) is 6.08 Å². The monoisotopic (exact) mass is 138 g/mol. The van der Waals surface area contributed by atoms with Gasteiger partial charge in [0.1, 0.15) is 5.76 Å². The first kappa shape index (κ1) is 7.06. The smallest absolute Gasteiger partial charge is 0.163 e. The zero-order chi connectivity index (χ0) is 7.56. The average molecular weight is 138 g/mol. The second kappa shape index (κ2) is 2.69. The molecule has 0 unspecified atom stereocenters. The number of ketones is 1. The number of hydrogen-bond donors (Lipinski definition) is 1. The van der Waals surface area contributed by atoms with Crippen molar-refractivity contribution in [3.8, 4) is 0 Å². The van der Waals surface area contributed by atoms with Crippen molar-refractivity contribution >= 4 is 5.78 Å². The number of aliphatic hydroxyl groups excluding tert-OH is 1. The van der Waals surface area contributed by atoms with E-state index in [-0.39, 0.29) is 11.5 Å². The van der Waals surface area contributed by atoms with Gasteiger partial charge in [0.15, 0.2) is 5.78 Å². The van der Waals surface area contributed by atoms with Crippen LogP contribution in [0.3, 0.4) is 0 Å². The van der Waals surface area contributed by atoms with E-state index in [0.717, 1.165) is 6.42 Å². The summed E-state index contributed by atoms with van der Waals surface area (Å²) in [5.74, 6) is 0.170. The molecule has 0 atom stereocenters. The highest BCUT2D eigenvalue weighted by atomic mass is 16.3. The van der Waals surface area contributed by atoms with Crippen molar-refractivity contribution in [2.75, 3.05) is 0 Å². The van der Waals surface area contributed by atoms with Gasteiger partial charge in [-0.15, -0.1) is 0 Å². The second-order valence-corrected chi connectivity index (χ2v) is 2.36. The standard InChI is InChI=1S/C8H10O2/c1-6(9)7-4-2-3-5-8(7)10/h2,4,10H,3,5H2,1H3. The molecule has 1 N–H and O–H groups in total. The van der Waals surface area contributed by atoms with E-state index in [9.17, 15) is 4.79 Å². The van der Waals surface area contributed by atoms with Crippen molar-refractivity contribution < 1.29 is 9.90 Å². The summed E-state index contributed by atoms with van der Waals surface area (Å²) in [4.78, 5) is 10.7. The first-order valence-electron chi connectivity index (χ1n) is 3.31. The molecule has 10 heavy (non-hydrogen) atoms. The number of aliphatic hydroxyl groups is 1. The SMILES string of the molecule is CC(=O)C1=C(O)CCC=C1. The van der Waals surface area contributed by atoms with Crippen molar-refractivity contribution in [1.29, 1.82) is 0 Å². The molecule has 0 aromatic heterocycles. The third-order valence-corrected chi connectivity index (χ3v) is 1.52. The molecule has 54 valence electrons. The van der Waals surface area contributed by atoms with Crippen molar-refractivity contribution in [3.05, 3.63) is 23.5 Å². The summed E-state index contributed by atoms with van der Waals surface area (Å²) < 4.78 is 0. The third kappa shape index (κ3) is 1.26. The van der Waals surface area contributed by atoms with Crippen LogP contribution in [0.4, 0.5) is 0 Å². The zero-order valence-corrected chi connectivity index (χ0v) is 5.92. The van der Waals surface area contributed by atoms with Crippen LogP contribution < -0.4 is 0 Å². The lowest BCUT2D eigenvalue weighted by molar-refractivity contribution is -0.113. The van der Waals surface area contributed by atoms with E-state index in [1.165, 1.54) is 6.92 Å². The Hall–Kier alpha value is -1.05. The number of rotatable bonds is 1. The van der Waals surface area contributed by atoms with E-state index in [0.29, 0.717) is 12.0 Å². The van der Waals surface area contributed by atoms with Gasteiger partial charge in [0.25, 0.3) is 0 Å².